The van der Waals surface area contributed by atoms with E-state index in [1.807, 2.05) is 32.0 Å². The molecule has 0 fully saturated rings. The van der Waals surface area contributed by atoms with Crippen molar-refractivity contribution in [3.8, 4) is 0 Å². The molecule has 1 aliphatic rings. The number of hydrogen-bond acceptors (Lipinski definition) is 6. The Kier molecular flexibility index (Phi) is 4.68. The summed E-state index contributed by atoms with van der Waals surface area (Å²) in [4.78, 5) is 8.27. The molecular weight excluding hydrogens is 359 g/mol. The standard InChI is InChI=1S/C17H20F3N7/c1-10(12-6-4-5-7-22-12)27-11(2)13(8-24-27)25-15-23-9-14(17(18,19)20)16(3,21)26-15/h4-10H,21H2,1-3H3,(H2,23,25,26). The first-order valence-corrected chi connectivity index (χ1v) is 8.25. The van der Waals surface area contributed by atoms with Gasteiger partial charge in [0.1, 0.15) is 5.66 Å². The fourth-order valence-electron chi connectivity index (χ4n) is 2.86. The number of aliphatic imine (C=N–C) groups is 1. The third kappa shape index (κ3) is 3.80. The van der Waals surface area contributed by atoms with Crippen LogP contribution < -0.4 is 16.4 Å². The van der Waals surface area contributed by atoms with E-state index in [0.717, 1.165) is 17.6 Å². The predicted octanol–water partition coefficient (Wildman–Crippen LogP) is 2.69. The summed E-state index contributed by atoms with van der Waals surface area (Å²) in [6.07, 6.45) is -0.455. The van der Waals surface area contributed by atoms with Gasteiger partial charge in [0.15, 0.2) is 0 Å². The number of nitrogens with two attached hydrogens (primary N) is 1. The zero-order valence-electron chi connectivity index (χ0n) is 15.0. The number of nitrogens with zero attached hydrogens (tertiary/aromatic N) is 4. The highest BCUT2D eigenvalue weighted by Crippen LogP contribution is 2.34. The van der Waals surface area contributed by atoms with Gasteiger partial charge in [0.25, 0.3) is 0 Å². The van der Waals surface area contributed by atoms with E-state index in [9.17, 15) is 13.2 Å². The topological polar surface area (TPSA) is 93.1 Å². The van der Waals surface area contributed by atoms with Crippen LogP contribution in [0.4, 0.5) is 18.9 Å². The van der Waals surface area contributed by atoms with Crippen molar-refractivity contribution in [3.05, 3.63) is 53.8 Å². The fourth-order valence-corrected chi connectivity index (χ4v) is 2.86. The molecule has 2 aromatic heterocycles. The van der Waals surface area contributed by atoms with Crippen molar-refractivity contribution < 1.29 is 13.2 Å². The molecule has 2 aromatic rings. The summed E-state index contributed by atoms with van der Waals surface area (Å²) in [6, 6.07) is 5.51. The lowest BCUT2D eigenvalue weighted by molar-refractivity contribution is -0.100. The van der Waals surface area contributed by atoms with Crippen molar-refractivity contribution in [1.82, 2.24) is 20.1 Å². The highest BCUT2D eigenvalue weighted by atomic mass is 19.4. The number of nitrogens with one attached hydrogen (secondary N) is 2. The molecule has 3 heterocycles. The number of anilines is 1. The number of aromatic nitrogens is 3. The molecule has 0 saturated carbocycles. The summed E-state index contributed by atoms with van der Waals surface area (Å²) in [5.74, 6) is 0.112. The molecule has 1 aliphatic heterocycles. The van der Waals surface area contributed by atoms with E-state index in [1.54, 1.807) is 17.1 Å². The van der Waals surface area contributed by atoms with Gasteiger partial charge in [0, 0.05) is 12.4 Å². The molecule has 0 saturated heterocycles. The second-order valence-corrected chi connectivity index (χ2v) is 6.45. The largest absolute Gasteiger partial charge is 0.417 e. The first kappa shape index (κ1) is 18.9. The zero-order valence-corrected chi connectivity index (χ0v) is 15.0. The number of pyridine rings is 1. The van der Waals surface area contributed by atoms with Crippen LogP contribution in [-0.4, -0.2) is 32.6 Å². The first-order chi connectivity index (χ1) is 12.6. The van der Waals surface area contributed by atoms with Crippen LogP contribution in [0.25, 0.3) is 0 Å². The van der Waals surface area contributed by atoms with Crippen LogP contribution in [0.1, 0.15) is 31.3 Å². The smallest absolute Gasteiger partial charge is 0.332 e. The third-order valence-electron chi connectivity index (χ3n) is 4.33. The average molecular weight is 379 g/mol. The molecule has 0 amide bonds. The van der Waals surface area contributed by atoms with Crippen molar-refractivity contribution in [2.45, 2.75) is 38.7 Å². The van der Waals surface area contributed by atoms with E-state index in [4.69, 9.17) is 5.73 Å². The fraction of sp³-hybridized carbons (Fsp3) is 0.353. The van der Waals surface area contributed by atoms with E-state index in [1.165, 1.54) is 6.92 Å². The lowest BCUT2D eigenvalue weighted by Gasteiger charge is -2.30. The van der Waals surface area contributed by atoms with Crippen molar-refractivity contribution in [2.24, 2.45) is 10.7 Å². The molecule has 2 atom stereocenters. The van der Waals surface area contributed by atoms with Gasteiger partial charge in [0.05, 0.1) is 34.9 Å². The Morgan fingerprint density at radius 2 is 2.07 bits per heavy atom. The molecule has 0 aromatic carbocycles. The molecule has 7 nitrogen and oxygen atoms in total. The van der Waals surface area contributed by atoms with E-state index < -0.39 is 17.4 Å². The minimum absolute atomic E-state index is 0.112. The quantitative estimate of drug-likeness (QED) is 0.763. The molecular formula is C17H20F3N7. The zero-order chi connectivity index (χ0) is 19.8. The van der Waals surface area contributed by atoms with Crippen LogP contribution >= 0.6 is 0 Å². The number of hydrogen-bond donors (Lipinski definition) is 3. The molecule has 144 valence electrons. The molecule has 0 radical (unpaired) electrons. The molecule has 0 bridgehead atoms. The number of rotatable bonds is 3. The van der Waals surface area contributed by atoms with Crippen LogP contribution in [0.15, 0.2) is 47.4 Å². The van der Waals surface area contributed by atoms with Crippen LogP contribution in [0.2, 0.25) is 0 Å². The van der Waals surface area contributed by atoms with Crippen molar-refractivity contribution in [1.29, 1.82) is 0 Å². The SMILES string of the molecule is Cc1c(NC2=NC(C)(N)C(C(F)(F)F)=CN2)cnn1C(C)c1ccccn1. The molecule has 4 N–H and O–H groups in total. The van der Waals surface area contributed by atoms with Gasteiger partial charge in [-0.2, -0.15) is 18.3 Å². The van der Waals surface area contributed by atoms with Gasteiger partial charge >= 0.3 is 6.18 Å². The summed E-state index contributed by atoms with van der Waals surface area (Å²) in [5.41, 5.74) is 5.12. The Morgan fingerprint density at radius 3 is 2.67 bits per heavy atom. The molecule has 27 heavy (non-hydrogen) atoms. The summed E-state index contributed by atoms with van der Waals surface area (Å²) in [6.45, 7) is 5.00. The third-order valence-corrected chi connectivity index (χ3v) is 4.33. The second-order valence-electron chi connectivity index (χ2n) is 6.45. The lowest BCUT2D eigenvalue weighted by atomic mass is 10.0. The number of halogens is 3. The van der Waals surface area contributed by atoms with Gasteiger partial charge in [0.2, 0.25) is 5.96 Å². The van der Waals surface area contributed by atoms with E-state index >= 15 is 0 Å². The summed E-state index contributed by atoms with van der Waals surface area (Å²) >= 11 is 0. The molecule has 2 unspecified atom stereocenters. The van der Waals surface area contributed by atoms with E-state index in [-0.39, 0.29) is 12.0 Å². The predicted molar refractivity (Wildman–Crippen MR) is 95.9 cm³/mol. The monoisotopic (exact) mass is 379 g/mol. The summed E-state index contributed by atoms with van der Waals surface area (Å²) in [5, 5.41) is 9.80. The molecule has 10 heteroatoms. The lowest BCUT2D eigenvalue weighted by Crippen LogP contribution is -2.49. The van der Waals surface area contributed by atoms with Crippen LogP contribution in [-0.2, 0) is 0 Å². The number of guanidine groups is 1. The highest BCUT2D eigenvalue weighted by molar-refractivity contribution is 5.95. The van der Waals surface area contributed by atoms with Crippen molar-refractivity contribution in [2.75, 3.05) is 5.32 Å². The average Bonchev–Trinajstić information content (AvgIpc) is 2.93. The van der Waals surface area contributed by atoms with E-state index in [2.05, 4.69) is 25.7 Å². The van der Waals surface area contributed by atoms with Gasteiger partial charge in [-0.3, -0.25) is 9.67 Å². The Balaban J connectivity index is 1.80. The summed E-state index contributed by atoms with van der Waals surface area (Å²) in [7, 11) is 0. The van der Waals surface area contributed by atoms with Crippen LogP contribution in [0.5, 0.6) is 0 Å². The minimum Gasteiger partial charge on any atom is -0.332 e. The maximum Gasteiger partial charge on any atom is 0.417 e. The van der Waals surface area contributed by atoms with Crippen LogP contribution in [0, 0.1) is 6.92 Å². The Labute approximate surface area is 154 Å². The Morgan fingerprint density at radius 1 is 1.33 bits per heavy atom. The Bertz CT molecular complexity index is 882. The molecule has 3 rings (SSSR count). The normalized spacial score (nSPS) is 21.1. The summed E-state index contributed by atoms with van der Waals surface area (Å²) < 4.78 is 40.8. The highest BCUT2D eigenvalue weighted by Gasteiger charge is 2.45. The van der Waals surface area contributed by atoms with Gasteiger partial charge in [-0.15, -0.1) is 0 Å². The Hall–Kier alpha value is -2.88. The van der Waals surface area contributed by atoms with Gasteiger partial charge < -0.3 is 16.4 Å². The van der Waals surface area contributed by atoms with Crippen molar-refractivity contribution >= 4 is 11.6 Å². The second kappa shape index (κ2) is 6.69. The van der Waals surface area contributed by atoms with E-state index in [0.29, 0.717) is 5.69 Å². The maximum absolute atomic E-state index is 13.0. The molecule has 0 aliphatic carbocycles. The van der Waals surface area contributed by atoms with Gasteiger partial charge in [-0.05, 0) is 32.9 Å². The van der Waals surface area contributed by atoms with Gasteiger partial charge in [-0.25, -0.2) is 4.99 Å². The first-order valence-electron chi connectivity index (χ1n) is 8.25. The van der Waals surface area contributed by atoms with Gasteiger partial charge in [-0.1, -0.05) is 6.07 Å². The maximum atomic E-state index is 13.0. The molecule has 0 spiro atoms. The number of alkyl halides is 3. The minimum atomic E-state index is -4.57. The van der Waals surface area contributed by atoms with Crippen molar-refractivity contribution in [3.63, 3.8) is 0 Å². The van der Waals surface area contributed by atoms with Crippen LogP contribution in [0.3, 0.4) is 0 Å².